The largest absolute Gasteiger partial charge is 0.478 e. The predicted molar refractivity (Wildman–Crippen MR) is 94.5 cm³/mol. The van der Waals surface area contributed by atoms with Crippen molar-refractivity contribution in [1.29, 1.82) is 0 Å². The van der Waals surface area contributed by atoms with Crippen molar-refractivity contribution in [3.05, 3.63) is 70.8 Å². The SMILES string of the molecule is C/C(=C\c1ccccc1-c1ccccc1/C=C(\C)C(=O)O)C(=O)O. The van der Waals surface area contributed by atoms with Crippen LogP contribution in [-0.2, 0) is 9.59 Å². The van der Waals surface area contributed by atoms with Crippen LogP contribution in [0.15, 0.2) is 59.7 Å². The molecule has 2 aromatic carbocycles. The molecule has 122 valence electrons. The second-order valence-electron chi connectivity index (χ2n) is 5.44. The Bertz CT molecular complexity index is 773. The molecule has 4 nitrogen and oxygen atoms in total. The van der Waals surface area contributed by atoms with Crippen molar-refractivity contribution < 1.29 is 19.8 Å². The van der Waals surface area contributed by atoms with Crippen LogP contribution >= 0.6 is 0 Å². The van der Waals surface area contributed by atoms with E-state index in [0.717, 1.165) is 22.3 Å². The van der Waals surface area contributed by atoms with Crippen molar-refractivity contribution in [2.75, 3.05) is 0 Å². The molecule has 0 heterocycles. The first kappa shape index (κ1) is 17.2. The van der Waals surface area contributed by atoms with E-state index in [2.05, 4.69) is 0 Å². The van der Waals surface area contributed by atoms with E-state index in [4.69, 9.17) is 10.2 Å². The minimum atomic E-state index is -0.972. The summed E-state index contributed by atoms with van der Waals surface area (Å²) in [6, 6.07) is 14.9. The van der Waals surface area contributed by atoms with Gasteiger partial charge >= 0.3 is 11.9 Å². The molecule has 0 aliphatic rings. The summed E-state index contributed by atoms with van der Waals surface area (Å²) < 4.78 is 0. The van der Waals surface area contributed by atoms with Crippen LogP contribution < -0.4 is 0 Å². The van der Waals surface area contributed by atoms with Crippen LogP contribution in [0.5, 0.6) is 0 Å². The molecule has 0 saturated carbocycles. The quantitative estimate of drug-likeness (QED) is 0.804. The van der Waals surface area contributed by atoms with Crippen molar-refractivity contribution in [3.63, 3.8) is 0 Å². The number of carboxylic acid groups (broad SMARTS) is 2. The van der Waals surface area contributed by atoms with E-state index >= 15 is 0 Å². The maximum Gasteiger partial charge on any atom is 0.331 e. The molecule has 0 aliphatic heterocycles. The molecule has 0 unspecified atom stereocenters. The minimum absolute atomic E-state index is 0.234. The van der Waals surface area contributed by atoms with Crippen LogP contribution in [0, 0.1) is 0 Å². The van der Waals surface area contributed by atoms with Gasteiger partial charge in [-0.05, 0) is 48.3 Å². The lowest BCUT2D eigenvalue weighted by Crippen LogP contribution is -1.97. The molecule has 0 amide bonds. The zero-order valence-corrected chi connectivity index (χ0v) is 13.5. The second kappa shape index (κ2) is 7.42. The van der Waals surface area contributed by atoms with Gasteiger partial charge in [-0.2, -0.15) is 0 Å². The Kier molecular flexibility index (Phi) is 5.32. The Morgan fingerprint density at radius 1 is 0.708 bits per heavy atom. The molecule has 0 aliphatic carbocycles. The highest BCUT2D eigenvalue weighted by molar-refractivity contribution is 5.95. The number of hydrogen-bond donors (Lipinski definition) is 2. The summed E-state index contributed by atoms with van der Waals surface area (Å²) >= 11 is 0. The van der Waals surface area contributed by atoms with E-state index in [1.165, 1.54) is 0 Å². The van der Waals surface area contributed by atoms with Crippen LogP contribution in [0.3, 0.4) is 0 Å². The molecule has 0 spiro atoms. The van der Waals surface area contributed by atoms with Gasteiger partial charge in [-0.3, -0.25) is 0 Å². The topological polar surface area (TPSA) is 74.6 Å². The maximum absolute atomic E-state index is 11.1. The fourth-order valence-corrected chi connectivity index (χ4v) is 2.33. The van der Waals surface area contributed by atoms with E-state index in [1.807, 2.05) is 48.5 Å². The van der Waals surface area contributed by atoms with Gasteiger partial charge in [0.2, 0.25) is 0 Å². The minimum Gasteiger partial charge on any atom is -0.478 e. The number of aliphatic carboxylic acids is 2. The molecule has 0 aromatic heterocycles. The summed E-state index contributed by atoms with van der Waals surface area (Å²) in [4.78, 5) is 22.2. The monoisotopic (exact) mass is 322 g/mol. The third kappa shape index (κ3) is 3.98. The van der Waals surface area contributed by atoms with Crippen LogP contribution in [0.25, 0.3) is 23.3 Å². The first-order valence-corrected chi connectivity index (χ1v) is 7.41. The van der Waals surface area contributed by atoms with Crippen LogP contribution in [0.2, 0.25) is 0 Å². The van der Waals surface area contributed by atoms with Crippen LogP contribution in [-0.4, -0.2) is 22.2 Å². The van der Waals surface area contributed by atoms with Gasteiger partial charge in [0, 0.05) is 11.1 Å². The second-order valence-corrected chi connectivity index (χ2v) is 5.44. The molecule has 2 N–H and O–H groups in total. The maximum atomic E-state index is 11.1. The highest BCUT2D eigenvalue weighted by atomic mass is 16.4. The molecule has 0 atom stereocenters. The van der Waals surface area contributed by atoms with Gasteiger partial charge in [0.1, 0.15) is 0 Å². The van der Waals surface area contributed by atoms with Crippen LogP contribution in [0.4, 0.5) is 0 Å². The smallest absolute Gasteiger partial charge is 0.331 e. The fourth-order valence-electron chi connectivity index (χ4n) is 2.33. The van der Waals surface area contributed by atoms with Crippen molar-refractivity contribution in [1.82, 2.24) is 0 Å². The molecule has 0 saturated heterocycles. The van der Waals surface area contributed by atoms with Gasteiger partial charge in [-0.25, -0.2) is 9.59 Å². The third-order valence-electron chi connectivity index (χ3n) is 3.63. The first-order chi connectivity index (χ1) is 11.4. The summed E-state index contributed by atoms with van der Waals surface area (Å²) in [5.74, 6) is -1.94. The highest BCUT2D eigenvalue weighted by Crippen LogP contribution is 2.30. The molecule has 0 bridgehead atoms. The number of hydrogen-bond acceptors (Lipinski definition) is 2. The Balaban J connectivity index is 2.63. The molecule has 2 aromatic rings. The van der Waals surface area contributed by atoms with E-state index in [1.54, 1.807) is 26.0 Å². The average molecular weight is 322 g/mol. The Morgan fingerprint density at radius 2 is 1.04 bits per heavy atom. The zero-order valence-electron chi connectivity index (χ0n) is 13.5. The highest BCUT2D eigenvalue weighted by Gasteiger charge is 2.10. The number of rotatable bonds is 5. The van der Waals surface area contributed by atoms with Crippen LogP contribution in [0.1, 0.15) is 25.0 Å². The predicted octanol–water partition coefficient (Wildman–Crippen LogP) is 4.33. The standard InChI is InChI=1S/C20H18O4/c1-13(19(21)22)11-15-7-3-5-9-17(15)18-10-6-4-8-16(18)12-14(2)20(23)24/h3-12H,1-2H3,(H,21,22)(H,23,24)/b13-11+,14-12+. The van der Waals surface area contributed by atoms with Gasteiger partial charge in [0.05, 0.1) is 0 Å². The molecule has 24 heavy (non-hydrogen) atoms. The van der Waals surface area contributed by atoms with Gasteiger partial charge in [0.25, 0.3) is 0 Å². The molecule has 0 radical (unpaired) electrons. The molecule has 0 fully saturated rings. The van der Waals surface area contributed by atoms with E-state index in [-0.39, 0.29) is 11.1 Å². The number of carbonyl (C=O) groups is 2. The summed E-state index contributed by atoms with van der Waals surface area (Å²) in [5, 5.41) is 18.2. The van der Waals surface area contributed by atoms with Gasteiger partial charge < -0.3 is 10.2 Å². The van der Waals surface area contributed by atoms with Gasteiger partial charge in [-0.15, -0.1) is 0 Å². The van der Waals surface area contributed by atoms with Gasteiger partial charge in [-0.1, -0.05) is 48.5 Å². The normalized spacial score (nSPS) is 12.1. The lowest BCUT2D eigenvalue weighted by molar-refractivity contribution is -0.133. The lowest BCUT2D eigenvalue weighted by Gasteiger charge is -2.11. The summed E-state index contributed by atoms with van der Waals surface area (Å²) in [6.07, 6.45) is 3.23. The summed E-state index contributed by atoms with van der Waals surface area (Å²) in [6.45, 7) is 3.08. The van der Waals surface area contributed by atoms with E-state index in [9.17, 15) is 9.59 Å². The Morgan fingerprint density at radius 3 is 1.38 bits per heavy atom. The Labute approximate surface area is 140 Å². The molecule has 4 heteroatoms. The van der Waals surface area contributed by atoms with Crippen molar-refractivity contribution in [3.8, 4) is 11.1 Å². The van der Waals surface area contributed by atoms with E-state index in [0.29, 0.717) is 0 Å². The average Bonchev–Trinajstić information content (AvgIpc) is 2.55. The number of carboxylic acids is 2. The zero-order chi connectivity index (χ0) is 17.7. The van der Waals surface area contributed by atoms with Crippen molar-refractivity contribution in [2.45, 2.75) is 13.8 Å². The summed E-state index contributed by atoms with van der Waals surface area (Å²) in [5.41, 5.74) is 3.71. The molecule has 2 rings (SSSR count). The van der Waals surface area contributed by atoms with Gasteiger partial charge in [0.15, 0.2) is 0 Å². The lowest BCUT2D eigenvalue weighted by atomic mass is 9.93. The van der Waals surface area contributed by atoms with Crippen molar-refractivity contribution in [2.24, 2.45) is 0 Å². The molecular weight excluding hydrogens is 304 g/mol. The number of benzene rings is 2. The first-order valence-electron chi connectivity index (χ1n) is 7.41. The third-order valence-corrected chi connectivity index (χ3v) is 3.63. The Hall–Kier alpha value is -3.14. The molecular formula is C20H18O4. The summed E-state index contributed by atoms with van der Waals surface area (Å²) in [7, 11) is 0. The fraction of sp³-hybridized carbons (Fsp3) is 0.100. The van der Waals surface area contributed by atoms with Crippen molar-refractivity contribution >= 4 is 24.1 Å². The van der Waals surface area contributed by atoms with E-state index < -0.39 is 11.9 Å².